The van der Waals surface area contributed by atoms with Gasteiger partial charge < -0.3 is 33.8 Å². The second kappa shape index (κ2) is 32.9. The fourth-order valence-electron chi connectivity index (χ4n) is 11.6. The van der Waals surface area contributed by atoms with Gasteiger partial charge in [0.15, 0.2) is 29.6 Å². The molecule has 11 aromatic rings. The van der Waals surface area contributed by atoms with Gasteiger partial charge >= 0.3 is 30.1 Å². The van der Waals surface area contributed by atoms with Crippen LogP contribution in [0.2, 0.25) is 5.02 Å². The molecule has 0 spiro atoms. The minimum Gasteiger partial charge on any atom is -0.508 e. The van der Waals surface area contributed by atoms with E-state index in [0.29, 0.717) is 68.9 Å². The number of nitrogens with zero attached hydrogens (tertiary/aromatic N) is 9. The molecule has 0 bridgehead atoms. The summed E-state index contributed by atoms with van der Waals surface area (Å²) in [5.41, 5.74) is 6.80. The summed E-state index contributed by atoms with van der Waals surface area (Å²) in [7, 11) is 1.29. The summed E-state index contributed by atoms with van der Waals surface area (Å²) in [6.45, 7) is 13.9. The highest BCUT2D eigenvalue weighted by Crippen LogP contribution is 2.41. The van der Waals surface area contributed by atoms with Crippen molar-refractivity contribution in [2.75, 3.05) is 36.5 Å². The summed E-state index contributed by atoms with van der Waals surface area (Å²) in [4.78, 5) is 76.1. The van der Waals surface area contributed by atoms with Crippen LogP contribution < -0.4 is 19.1 Å². The monoisotopic (exact) mass is 1390 g/mol. The quantitative estimate of drug-likeness (QED) is 0.0289. The van der Waals surface area contributed by atoms with Crippen molar-refractivity contribution in [2.24, 2.45) is 11.8 Å². The summed E-state index contributed by atoms with van der Waals surface area (Å²) in [6, 6.07) is 43.8. The topological polar surface area (TPSA) is 314 Å². The van der Waals surface area contributed by atoms with E-state index in [1.165, 1.54) is 51.4 Å². The van der Waals surface area contributed by atoms with Crippen molar-refractivity contribution in [1.29, 1.82) is 5.26 Å². The summed E-state index contributed by atoms with van der Waals surface area (Å²) in [6.07, 6.45) is 3.95. The first-order chi connectivity index (χ1) is 48.3. The molecule has 0 aliphatic heterocycles. The normalized spacial score (nSPS) is 12.1. The van der Waals surface area contributed by atoms with Crippen LogP contribution in [0.3, 0.4) is 0 Å². The van der Waals surface area contributed by atoms with Gasteiger partial charge in [-0.05, 0) is 129 Å². The van der Waals surface area contributed by atoms with Gasteiger partial charge in [0.2, 0.25) is 11.8 Å². The number of carbonyl (C=O) groups is 5. The molecule has 0 saturated carbocycles. The Hall–Kier alpha value is -11.1. The Morgan fingerprint density at radius 2 is 1.54 bits per heavy atom. The number of aryl methyl sites for hydroxylation is 1. The maximum absolute atomic E-state index is 14.7. The first-order valence-corrected chi connectivity index (χ1v) is 34.1. The molecule has 0 radical (unpaired) electrons. The zero-order valence-electron chi connectivity index (χ0n) is 56.3. The molecule has 4 N–H and O–H groups in total. The van der Waals surface area contributed by atoms with E-state index in [-0.39, 0.29) is 81.9 Å². The maximum atomic E-state index is 14.7. The molecule has 3 unspecified atom stereocenters. The van der Waals surface area contributed by atoms with E-state index in [9.17, 15) is 38.6 Å². The number of hydrogen-bond donors (Lipinski definition) is 4. The molecule has 0 aliphatic carbocycles. The van der Waals surface area contributed by atoms with Gasteiger partial charge in [-0.2, -0.15) is 9.78 Å². The van der Waals surface area contributed by atoms with Crippen molar-refractivity contribution in [3.05, 3.63) is 184 Å². The summed E-state index contributed by atoms with van der Waals surface area (Å²) in [5, 5.41) is 36.4. The van der Waals surface area contributed by atoms with E-state index in [2.05, 4.69) is 63.9 Å². The molecule has 11 rings (SSSR count). The van der Waals surface area contributed by atoms with Crippen molar-refractivity contribution in [3.63, 3.8) is 0 Å². The minimum absolute atomic E-state index is 0.0357. The number of nitriles is 1. The maximum Gasteiger partial charge on any atom is 0.443 e. The van der Waals surface area contributed by atoms with Gasteiger partial charge in [-0.15, -0.1) is 14.9 Å². The molecule has 100 heavy (non-hydrogen) atoms. The van der Waals surface area contributed by atoms with Crippen LogP contribution in [0.5, 0.6) is 17.5 Å². The number of anilines is 2. The number of ether oxygens (including phenoxy) is 5. The number of esters is 3. The Balaban J connectivity index is 0.000000227. The molecule has 0 fully saturated rings. The number of rotatable bonds is 26. The number of nitrogens with one attached hydrogen (secondary N) is 3. The molecule has 5 aromatic heterocycles. The van der Waals surface area contributed by atoms with Gasteiger partial charge in [0, 0.05) is 40.4 Å². The predicted molar refractivity (Wildman–Crippen MR) is 377 cm³/mol. The van der Waals surface area contributed by atoms with E-state index < -0.39 is 48.0 Å². The predicted octanol–water partition coefficient (Wildman–Crippen LogP) is 14.8. The number of aromatic amines is 2. The van der Waals surface area contributed by atoms with Crippen molar-refractivity contribution in [3.8, 4) is 57.5 Å². The summed E-state index contributed by atoms with van der Waals surface area (Å²) >= 11 is 4.44. The first-order valence-electron chi connectivity index (χ1n) is 32.6. The lowest BCUT2D eigenvalue weighted by atomic mass is 9.92. The number of phenols is 1. The largest absolute Gasteiger partial charge is 0.508 e. The molecule has 3 atom stereocenters. The van der Waals surface area contributed by atoms with Crippen LogP contribution in [-0.2, 0) is 40.9 Å². The Kier molecular flexibility index (Phi) is 23.6. The SMILES string of the molecule is CCCC(CC)CCC(CC(C)C)OC(=O)c1c(-c2ccccc2)c(OC(=O)n2nnc3cc(C(=O)OCC(=O)OCC)ccc32)n2nc(-c3ccccc3C)[nH]c12.CCN(C(=O)Oc1c(Cc2ccccc2)c(C#N)c2nc(-c3cc(Cl)ccc3NS(=O)OC)[nH]n12)c1ccc(O)cc1. The van der Waals surface area contributed by atoms with Gasteiger partial charge in [-0.1, -0.05) is 149 Å². The van der Waals surface area contributed by atoms with E-state index >= 15 is 0 Å². The molecule has 27 heteroatoms. The van der Waals surface area contributed by atoms with Crippen LogP contribution in [0.1, 0.15) is 123 Å². The number of amides is 1. The number of fused-ring (bicyclic) bond motifs is 3. The number of halogens is 1. The van der Waals surface area contributed by atoms with Gasteiger partial charge in [0.05, 0.1) is 30.5 Å². The third-order valence-electron chi connectivity index (χ3n) is 16.5. The molecular weight excluding hydrogens is 1320 g/mol. The van der Waals surface area contributed by atoms with Crippen molar-refractivity contribution < 1.29 is 61.2 Å². The summed E-state index contributed by atoms with van der Waals surface area (Å²) < 4.78 is 51.9. The lowest BCUT2D eigenvalue weighted by Gasteiger charge is -2.22. The van der Waals surface area contributed by atoms with E-state index in [1.807, 2.05) is 91.9 Å². The average molecular weight is 1400 g/mol. The number of aromatic nitrogens is 9. The number of H-pyrrole nitrogens is 2. The zero-order chi connectivity index (χ0) is 71.1. The van der Waals surface area contributed by atoms with Crippen LogP contribution in [0.4, 0.5) is 21.0 Å². The lowest BCUT2D eigenvalue weighted by Crippen LogP contribution is -2.33. The molecule has 0 aliphatic rings. The third-order valence-corrected chi connectivity index (χ3v) is 17.4. The second-order valence-electron chi connectivity index (χ2n) is 23.7. The van der Waals surface area contributed by atoms with E-state index in [0.717, 1.165) is 53.5 Å². The zero-order valence-corrected chi connectivity index (χ0v) is 57.9. The molecule has 5 heterocycles. The lowest BCUT2D eigenvalue weighted by molar-refractivity contribution is -0.146. The molecule has 6 aromatic carbocycles. The van der Waals surface area contributed by atoms with Crippen LogP contribution in [0.25, 0.3) is 56.2 Å². The number of phenolic OH excluding ortho intramolecular Hbond substituents is 1. The Bertz CT molecular complexity index is 4810. The fourth-order valence-corrected chi connectivity index (χ4v) is 12.3. The van der Waals surface area contributed by atoms with Gasteiger partial charge in [-0.3, -0.25) is 18.9 Å². The van der Waals surface area contributed by atoms with Crippen LogP contribution in [0.15, 0.2) is 146 Å². The molecule has 518 valence electrons. The highest BCUT2D eigenvalue weighted by molar-refractivity contribution is 7.81. The number of benzene rings is 6. The van der Waals surface area contributed by atoms with Gasteiger partial charge in [-0.25, -0.2) is 37.7 Å². The van der Waals surface area contributed by atoms with E-state index in [1.54, 1.807) is 44.2 Å². The smallest absolute Gasteiger partial charge is 0.443 e. The average Bonchev–Trinajstić information content (AvgIpc) is 1.59. The number of aromatic hydroxyl groups is 1. The second-order valence-corrected chi connectivity index (χ2v) is 25.2. The number of hydrogen-bond acceptors (Lipinski definition) is 18. The van der Waals surface area contributed by atoms with Crippen molar-refractivity contribution >= 4 is 86.7 Å². The van der Waals surface area contributed by atoms with E-state index in [4.69, 9.17) is 44.6 Å². The molecular formula is C73H75ClN12O13S. The highest BCUT2D eigenvalue weighted by Gasteiger charge is 2.35. The summed E-state index contributed by atoms with van der Waals surface area (Å²) in [5.74, 6) is -0.357. The standard InChI is InChI=1S/C44H50N6O8.C29H25ClN6O5S/c1-7-15-29(8-2)20-22-32(24-27(4)5)57-43(53)38-37(30-17-11-10-12-18-30)41(50-40(38)45-39(47-50)33-19-14-13-16-28(33)6)58-44(54)49-35-23-21-31(25-34(35)46-48-49)42(52)56-26-36(51)55-9-3;1-3-35(20-10-12-21(37)13-11-20)29(38)41-28-22(15-18-7-5-4-6-8-18)24(17-31)27-32-26(33-36(27)28)23-16-19(30)9-14-25(23)34-42(39)40-2/h10-14,16-19,21,23,25,27,29,32H,7-9,15,20,22,24,26H2,1-6H3,(H,45,47);4-14,16,34,37H,3,15H2,1-2H3,(H,32,33). The third kappa shape index (κ3) is 16.5. The Morgan fingerprint density at radius 1 is 0.810 bits per heavy atom. The van der Waals surface area contributed by atoms with Crippen molar-refractivity contribution in [1.82, 2.24) is 44.2 Å². The van der Waals surface area contributed by atoms with Crippen LogP contribution in [-0.4, -0.2) is 117 Å². The minimum atomic E-state index is -1.83. The molecule has 1 amide bonds. The van der Waals surface area contributed by atoms with Crippen molar-refractivity contribution in [2.45, 2.75) is 99.5 Å². The van der Waals surface area contributed by atoms with Gasteiger partial charge in [0.25, 0.3) is 11.3 Å². The Morgan fingerprint density at radius 3 is 2.22 bits per heavy atom. The molecule has 0 saturated heterocycles. The highest BCUT2D eigenvalue weighted by atomic mass is 35.5. The van der Waals surface area contributed by atoms with Gasteiger partial charge in [0.1, 0.15) is 40.1 Å². The first kappa shape index (κ1) is 71.6. The molecule has 25 nitrogen and oxygen atoms in total. The fraction of sp³-hybridized carbons (Fsp3) is 0.288. The van der Waals surface area contributed by atoms with Crippen LogP contribution >= 0.6 is 11.6 Å². The number of carbonyl (C=O) groups excluding carboxylic acids is 5. The Labute approximate surface area is 583 Å². The van der Waals surface area contributed by atoms with Crippen LogP contribution in [0, 0.1) is 30.1 Å².